The fourth-order valence-electron chi connectivity index (χ4n) is 2.22. The Labute approximate surface area is 108 Å². The third-order valence-corrected chi connectivity index (χ3v) is 2.96. The van der Waals surface area contributed by atoms with Crippen LogP contribution in [0, 0.1) is 12.8 Å². The fourth-order valence-corrected chi connectivity index (χ4v) is 2.22. The van der Waals surface area contributed by atoms with Gasteiger partial charge in [0.05, 0.1) is 13.0 Å². The molecule has 0 N–H and O–H groups in total. The lowest BCUT2D eigenvalue weighted by atomic mass is 10.1. The monoisotopic (exact) mass is 244 g/mol. The van der Waals surface area contributed by atoms with Crippen LogP contribution in [0.2, 0.25) is 0 Å². The van der Waals surface area contributed by atoms with Crippen LogP contribution >= 0.6 is 0 Å². The average Bonchev–Trinajstić information content (AvgIpc) is 2.58. The van der Waals surface area contributed by atoms with Crippen molar-refractivity contribution in [2.75, 3.05) is 0 Å². The lowest BCUT2D eigenvalue weighted by molar-refractivity contribution is -0.129. The van der Waals surface area contributed by atoms with E-state index < -0.39 is 0 Å². The van der Waals surface area contributed by atoms with Gasteiger partial charge < -0.3 is 0 Å². The van der Waals surface area contributed by atoms with Crippen molar-refractivity contribution in [2.24, 2.45) is 11.0 Å². The standard InChI is InChI=1S/C15H20N2O/c1-11(2)7-14-9-15(18)17(16-14)10-13-6-4-5-12(3)8-13/h4-6,8,11H,7,9-10H2,1-3H3. The number of carbonyl (C=O) groups is 1. The molecule has 1 amide bonds. The van der Waals surface area contributed by atoms with Crippen LogP contribution < -0.4 is 0 Å². The van der Waals surface area contributed by atoms with E-state index in [0.717, 1.165) is 17.7 Å². The van der Waals surface area contributed by atoms with E-state index in [1.807, 2.05) is 12.1 Å². The molecule has 3 heteroatoms. The lowest BCUT2D eigenvalue weighted by Gasteiger charge is -2.12. The highest BCUT2D eigenvalue weighted by Crippen LogP contribution is 2.17. The van der Waals surface area contributed by atoms with Crippen LogP contribution in [-0.2, 0) is 11.3 Å². The fraction of sp³-hybridized carbons (Fsp3) is 0.467. The van der Waals surface area contributed by atoms with Gasteiger partial charge in [-0.1, -0.05) is 43.7 Å². The maximum absolute atomic E-state index is 11.9. The highest BCUT2D eigenvalue weighted by Gasteiger charge is 2.23. The molecule has 0 bridgehead atoms. The van der Waals surface area contributed by atoms with Gasteiger partial charge in [-0.3, -0.25) is 4.79 Å². The number of benzene rings is 1. The molecule has 1 aromatic rings. The summed E-state index contributed by atoms with van der Waals surface area (Å²) in [6, 6.07) is 8.21. The first-order chi connectivity index (χ1) is 8.54. The largest absolute Gasteiger partial charge is 0.273 e. The number of nitrogens with zero attached hydrogens (tertiary/aromatic N) is 2. The Morgan fingerprint density at radius 2 is 2.17 bits per heavy atom. The third-order valence-electron chi connectivity index (χ3n) is 2.96. The van der Waals surface area contributed by atoms with Crippen LogP contribution in [0.1, 0.15) is 37.8 Å². The van der Waals surface area contributed by atoms with Crippen LogP contribution in [0.3, 0.4) is 0 Å². The molecule has 0 saturated heterocycles. The smallest absolute Gasteiger partial charge is 0.248 e. The summed E-state index contributed by atoms with van der Waals surface area (Å²) >= 11 is 0. The van der Waals surface area contributed by atoms with E-state index >= 15 is 0 Å². The summed E-state index contributed by atoms with van der Waals surface area (Å²) in [5.74, 6) is 0.669. The van der Waals surface area contributed by atoms with E-state index in [1.54, 1.807) is 5.01 Å². The molecule has 0 atom stereocenters. The zero-order valence-corrected chi connectivity index (χ0v) is 11.3. The topological polar surface area (TPSA) is 32.7 Å². The second-order valence-corrected chi connectivity index (χ2v) is 5.38. The van der Waals surface area contributed by atoms with Crippen molar-refractivity contribution in [3.8, 4) is 0 Å². The van der Waals surface area contributed by atoms with Crippen molar-refractivity contribution in [3.05, 3.63) is 35.4 Å². The molecular formula is C15H20N2O. The van der Waals surface area contributed by atoms with Crippen molar-refractivity contribution < 1.29 is 4.79 Å². The number of rotatable bonds is 4. The van der Waals surface area contributed by atoms with E-state index in [-0.39, 0.29) is 5.91 Å². The minimum absolute atomic E-state index is 0.118. The minimum atomic E-state index is 0.118. The van der Waals surface area contributed by atoms with Gasteiger partial charge in [-0.25, -0.2) is 5.01 Å². The molecule has 0 saturated carbocycles. The van der Waals surface area contributed by atoms with Crippen LogP contribution in [-0.4, -0.2) is 16.6 Å². The van der Waals surface area contributed by atoms with Gasteiger partial charge in [0.1, 0.15) is 0 Å². The number of amides is 1. The summed E-state index contributed by atoms with van der Waals surface area (Å²) in [6.07, 6.45) is 1.40. The first-order valence-corrected chi connectivity index (χ1v) is 6.47. The first-order valence-electron chi connectivity index (χ1n) is 6.47. The number of aryl methyl sites for hydroxylation is 1. The third kappa shape index (κ3) is 3.19. The van der Waals surface area contributed by atoms with E-state index in [4.69, 9.17) is 0 Å². The summed E-state index contributed by atoms with van der Waals surface area (Å²) in [4.78, 5) is 11.9. The van der Waals surface area contributed by atoms with Gasteiger partial charge in [-0.05, 0) is 24.8 Å². The maximum Gasteiger partial charge on any atom is 0.248 e. The van der Waals surface area contributed by atoms with Gasteiger partial charge in [0.15, 0.2) is 0 Å². The van der Waals surface area contributed by atoms with Crippen molar-refractivity contribution in [1.82, 2.24) is 5.01 Å². The van der Waals surface area contributed by atoms with Crippen LogP contribution in [0.15, 0.2) is 29.4 Å². The second kappa shape index (κ2) is 5.34. The minimum Gasteiger partial charge on any atom is -0.273 e. The number of hydrogen-bond donors (Lipinski definition) is 0. The summed E-state index contributed by atoms with van der Waals surface area (Å²) < 4.78 is 0. The van der Waals surface area contributed by atoms with E-state index in [1.165, 1.54) is 5.56 Å². The molecule has 0 aliphatic carbocycles. The molecule has 0 spiro atoms. The Balaban J connectivity index is 2.05. The number of hydrazone groups is 1. The van der Waals surface area contributed by atoms with Crippen molar-refractivity contribution in [2.45, 2.75) is 40.2 Å². The second-order valence-electron chi connectivity index (χ2n) is 5.38. The molecule has 2 rings (SSSR count). The molecule has 1 heterocycles. The van der Waals surface area contributed by atoms with Crippen molar-refractivity contribution >= 4 is 11.6 Å². The Kier molecular flexibility index (Phi) is 3.80. The predicted molar refractivity (Wildman–Crippen MR) is 73.2 cm³/mol. The molecule has 0 fully saturated rings. The quantitative estimate of drug-likeness (QED) is 0.801. The summed E-state index contributed by atoms with van der Waals surface area (Å²) in [7, 11) is 0. The highest BCUT2D eigenvalue weighted by atomic mass is 16.2. The number of hydrogen-bond acceptors (Lipinski definition) is 2. The van der Waals surface area contributed by atoms with Gasteiger partial charge >= 0.3 is 0 Å². The molecule has 3 nitrogen and oxygen atoms in total. The molecular weight excluding hydrogens is 224 g/mol. The molecule has 0 radical (unpaired) electrons. The Morgan fingerprint density at radius 3 is 2.83 bits per heavy atom. The average molecular weight is 244 g/mol. The zero-order chi connectivity index (χ0) is 13.1. The van der Waals surface area contributed by atoms with Crippen molar-refractivity contribution in [3.63, 3.8) is 0 Å². The van der Waals surface area contributed by atoms with Gasteiger partial charge in [0.25, 0.3) is 0 Å². The van der Waals surface area contributed by atoms with E-state index in [0.29, 0.717) is 18.9 Å². The summed E-state index contributed by atoms with van der Waals surface area (Å²) in [5.41, 5.74) is 3.37. The lowest BCUT2D eigenvalue weighted by Crippen LogP contribution is -2.20. The molecule has 1 aliphatic heterocycles. The van der Waals surface area contributed by atoms with Gasteiger partial charge in [0.2, 0.25) is 5.91 Å². The summed E-state index contributed by atoms with van der Waals surface area (Å²) in [6.45, 7) is 6.94. The van der Waals surface area contributed by atoms with Crippen LogP contribution in [0.25, 0.3) is 0 Å². The van der Waals surface area contributed by atoms with Crippen molar-refractivity contribution in [1.29, 1.82) is 0 Å². The Hall–Kier alpha value is -1.64. The van der Waals surface area contributed by atoms with Gasteiger partial charge in [0, 0.05) is 5.71 Å². The molecule has 0 unspecified atom stereocenters. The normalized spacial score (nSPS) is 15.4. The maximum atomic E-state index is 11.9. The number of carbonyl (C=O) groups excluding carboxylic acids is 1. The Morgan fingerprint density at radius 1 is 1.39 bits per heavy atom. The zero-order valence-electron chi connectivity index (χ0n) is 11.3. The van der Waals surface area contributed by atoms with Crippen LogP contribution in [0.5, 0.6) is 0 Å². The Bertz CT molecular complexity index is 477. The first kappa shape index (κ1) is 12.8. The SMILES string of the molecule is Cc1cccc(CN2N=C(CC(C)C)CC2=O)c1. The van der Waals surface area contributed by atoms with Crippen LogP contribution in [0.4, 0.5) is 0 Å². The van der Waals surface area contributed by atoms with E-state index in [2.05, 4.69) is 38.0 Å². The predicted octanol–water partition coefficient (Wildman–Crippen LogP) is 3.13. The molecule has 96 valence electrons. The molecule has 0 aromatic heterocycles. The van der Waals surface area contributed by atoms with E-state index in [9.17, 15) is 4.79 Å². The molecule has 1 aliphatic rings. The highest BCUT2D eigenvalue weighted by molar-refractivity contribution is 6.04. The molecule has 1 aromatic carbocycles. The van der Waals surface area contributed by atoms with Gasteiger partial charge in [-0.2, -0.15) is 5.10 Å². The summed E-state index contributed by atoms with van der Waals surface area (Å²) in [5, 5.41) is 6.04. The van der Waals surface area contributed by atoms with Gasteiger partial charge in [-0.15, -0.1) is 0 Å². The molecule has 18 heavy (non-hydrogen) atoms.